The Morgan fingerprint density at radius 2 is 1.18 bits per heavy atom. The quantitative estimate of drug-likeness (QED) is 0.203. The van der Waals surface area contributed by atoms with E-state index in [2.05, 4.69) is 119 Å². The number of nitrogens with one attached hydrogen (secondary N) is 1. The minimum atomic E-state index is 0.0488. The predicted octanol–water partition coefficient (Wildman–Crippen LogP) is 10.4. The lowest BCUT2D eigenvalue weighted by molar-refractivity contribution is 0.591. The van der Waals surface area contributed by atoms with E-state index in [4.69, 9.17) is 0 Å². The normalized spacial score (nSPS) is 13.9. The molecule has 0 amide bonds. The number of hydrogen-bond acceptors (Lipinski definition) is 0. The van der Waals surface area contributed by atoms with E-state index >= 15 is 0 Å². The van der Waals surface area contributed by atoms with E-state index in [0.717, 1.165) is 6.42 Å². The van der Waals surface area contributed by atoms with Gasteiger partial charge in [-0.2, -0.15) is 0 Å². The molecule has 0 atom stereocenters. The van der Waals surface area contributed by atoms with Gasteiger partial charge in [-0.25, -0.2) is 0 Å². The summed E-state index contributed by atoms with van der Waals surface area (Å²) < 4.78 is 0. The third kappa shape index (κ3) is 2.77. The molecule has 0 spiro atoms. The fourth-order valence-electron chi connectivity index (χ4n) is 7.04. The molecule has 6 aromatic carbocycles. The standard InChI is InChI=1S/C37H33N/c1-36(2,3)21-16-26-25-15-20-11-7-8-12-23(20)31(25)27-17-22(37(4,5)6)19-29-33(27)32(26)28(18-21)34-24-13-9-10-14-30(24)38-35(29)34/h7-14,16-19,38H,15H2,1-6H3. The van der Waals surface area contributed by atoms with Gasteiger partial charge < -0.3 is 4.98 Å². The Bertz CT molecular complexity index is 2100. The number of aromatic amines is 1. The molecule has 1 nitrogen and oxygen atoms in total. The van der Waals surface area contributed by atoms with Gasteiger partial charge >= 0.3 is 0 Å². The number of fused-ring (bicyclic) bond motifs is 10. The molecule has 1 heterocycles. The lowest BCUT2D eigenvalue weighted by Gasteiger charge is -2.26. The van der Waals surface area contributed by atoms with Gasteiger partial charge in [-0.3, -0.25) is 0 Å². The summed E-state index contributed by atoms with van der Waals surface area (Å²) in [6.45, 7) is 14.1. The van der Waals surface area contributed by atoms with Gasteiger partial charge in [0.2, 0.25) is 0 Å². The van der Waals surface area contributed by atoms with Crippen LogP contribution in [0.5, 0.6) is 0 Å². The maximum absolute atomic E-state index is 3.88. The number of H-pyrrole nitrogens is 1. The number of rotatable bonds is 0. The molecule has 0 aliphatic heterocycles. The molecule has 0 unspecified atom stereocenters. The van der Waals surface area contributed by atoms with E-state index < -0.39 is 0 Å². The molecule has 1 N–H and O–H groups in total. The molecule has 1 aliphatic carbocycles. The summed E-state index contributed by atoms with van der Waals surface area (Å²) in [5, 5.41) is 11.1. The van der Waals surface area contributed by atoms with Gasteiger partial charge in [0.15, 0.2) is 0 Å². The van der Waals surface area contributed by atoms with Crippen LogP contribution >= 0.6 is 0 Å². The Morgan fingerprint density at radius 3 is 1.95 bits per heavy atom. The predicted molar refractivity (Wildman–Crippen MR) is 165 cm³/mol. The van der Waals surface area contributed by atoms with E-state index in [-0.39, 0.29) is 10.8 Å². The van der Waals surface area contributed by atoms with Crippen molar-refractivity contribution in [1.29, 1.82) is 0 Å². The lowest BCUT2D eigenvalue weighted by Crippen LogP contribution is -2.12. The topological polar surface area (TPSA) is 15.8 Å². The zero-order valence-electron chi connectivity index (χ0n) is 23.1. The first-order chi connectivity index (χ1) is 18.1. The SMILES string of the molecule is CC(C)(C)c1cc2c3c(c4cc(C(C)(C)C)cc5c6c7ccccc7[nH]c6c(c1)c2c45)Cc1ccccc1-3. The van der Waals surface area contributed by atoms with E-state index in [9.17, 15) is 0 Å². The van der Waals surface area contributed by atoms with Crippen molar-refractivity contribution in [3.63, 3.8) is 0 Å². The van der Waals surface area contributed by atoms with Crippen LogP contribution in [0.4, 0.5) is 0 Å². The van der Waals surface area contributed by atoms with Crippen LogP contribution in [0.25, 0.3) is 65.3 Å². The first-order valence-corrected chi connectivity index (χ1v) is 13.9. The fourth-order valence-corrected chi connectivity index (χ4v) is 7.04. The third-order valence-corrected chi connectivity index (χ3v) is 9.05. The number of para-hydroxylation sites is 1. The zero-order chi connectivity index (χ0) is 26.1. The Hall–Kier alpha value is -3.84. The Labute approximate surface area is 223 Å². The van der Waals surface area contributed by atoms with Crippen molar-refractivity contribution in [2.75, 3.05) is 0 Å². The zero-order valence-corrected chi connectivity index (χ0v) is 23.1. The Balaban J connectivity index is 1.74. The number of hydrogen-bond donors (Lipinski definition) is 1. The minimum absolute atomic E-state index is 0.0488. The first-order valence-electron chi connectivity index (χ1n) is 13.9. The molecular formula is C37H33N. The van der Waals surface area contributed by atoms with Crippen molar-refractivity contribution < 1.29 is 0 Å². The van der Waals surface area contributed by atoms with Gasteiger partial charge in [-0.1, -0.05) is 90.1 Å². The van der Waals surface area contributed by atoms with E-state index in [1.54, 1.807) is 0 Å². The summed E-state index contributed by atoms with van der Waals surface area (Å²) >= 11 is 0. The molecule has 1 aliphatic rings. The second kappa shape index (κ2) is 6.97. The highest BCUT2D eigenvalue weighted by molar-refractivity contribution is 6.39. The van der Waals surface area contributed by atoms with Crippen LogP contribution in [0.1, 0.15) is 63.8 Å². The summed E-state index contributed by atoms with van der Waals surface area (Å²) in [5.41, 5.74) is 11.2. The molecular weight excluding hydrogens is 458 g/mol. The molecule has 8 rings (SSSR count). The maximum atomic E-state index is 3.88. The van der Waals surface area contributed by atoms with Gasteiger partial charge in [0, 0.05) is 27.1 Å². The molecule has 186 valence electrons. The monoisotopic (exact) mass is 491 g/mol. The third-order valence-electron chi connectivity index (χ3n) is 9.05. The highest BCUT2D eigenvalue weighted by Crippen LogP contribution is 2.53. The maximum Gasteiger partial charge on any atom is 0.0551 e. The van der Waals surface area contributed by atoms with E-state index in [1.807, 2.05) is 0 Å². The number of benzene rings is 6. The van der Waals surface area contributed by atoms with Gasteiger partial charge in [0.05, 0.1) is 5.52 Å². The van der Waals surface area contributed by atoms with Crippen molar-refractivity contribution in [2.45, 2.75) is 58.8 Å². The number of aromatic nitrogens is 1. The fraction of sp³-hybridized carbons (Fsp3) is 0.243. The van der Waals surface area contributed by atoms with Crippen molar-refractivity contribution in [1.82, 2.24) is 4.98 Å². The molecule has 0 saturated carbocycles. The average molecular weight is 492 g/mol. The Morgan fingerprint density at radius 1 is 0.579 bits per heavy atom. The molecule has 7 aromatic rings. The molecule has 0 radical (unpaired) electrons. The smallest absolute Gasteiger partial charge is 0.0551 e. The largest absolute Gasteiger partial charge is 0.354 e. The second-order valence-corrected chi connectivity index (χ2v) is 13.5. The molecule has 38 heavy (non-hydrogen) atoms. The second-order valence-electron chi connectivity index (χ2n) is 13.5. The average Bonchev–Trinajstić information content (AvgIpc) is 3.46. The highest BCUT2D eigenvalue weighted by atomic mass is 14.7. The highest BCUT2D eigenvalue weighted by Gasteiger charge is 2.30. The summed E-state index contributed by atoms with van der Waals surface area (Å²) in [4.78, 5) is 3.88. The van der Waals surface area contributed by atoms with Crippen molar-refractivity contribution in [2.24, 2.45) is 0 Å². The lowest BCUT2D eigenvalue weighted by atomic mass is 9.78. The summed E-state index contributed by atoms with van der Waals surface area (Å²) in [7, 11) is 0. The first kappa shape index (κ1) is 22.2. The van der Waals surface area contributed by atoms with Crippen LogP contribution < -0.4 is 0 Å². The Kier molecular flexibility index (Phi) is 4.07. The van der Waals surface area contributed by atoms with Crippen LogP contribution in [0.2, 0.25) is 0 Å². The molecule has 0 saturated heterocycles. The minimum Gasteiger partial charge on any atom is -0.354 e. The van der Waals surface area contributed by atoms with Crippen molar-refractivity contribution in [3.8, 4) is 11.1 Å². The summed E-state index contributed by atoms with van der Waals surface area (Å²) in [5.74, 6) is 0. The molecule has 0 fully saturated rings. The van der Waals surface area contributed by atoms with Gasteiger partial charge in [-0.05, 0) is 96.4 Å². The van der Waals surface area contributed by atoms with Crippen LogP contribution in [-0.2, 0) is 17.3 Å². The molecule has 0 bridgehead atoms. The van der Waals surface area contributed by atoms with Gasteiger partial charge in [0.25, 0.3) is 0 Å². The molecule has 1 heteroatoms. The van der Waals surface area contributed by atoms with Gasteiger partial charge in [0.1, 0.15) is 0 Å². The van der Waals surface area contributed by atoms with Crippen LogP contribution in [0.15, 0.2) is 72.8 Å². The van der Waals surface area contributed by atoms with Crippen molar-refractivity contribution in [3.05, 3.63) is 95.1 Å². The molecule has 1 aromatic heterocycles. The summed E-state index contributed by atoms with van der Waals surface area (Å²) in [6, 6.07) is 27.9. The van der Waals surface area contributed by atoms with E-state index in [0.29, 0.717) is 0 Å². The van der Waals surface area contributed by atoms with Crippen molar-refractivity contribution >= 4 is 54.1 Å². The van der Waals surface area contributed by atoms with Crippen LogP contribution in [-0.4, -0.2) is 4.98 Å². The summed E-state index contributed by atoms with van der Waals surface area (Å²) in [6.07, 6.45) is 1.00. The van der Waals surface area contributed by atoms with Crippen LogP contribution in [0, 0.1) is 0 Å². The van der Waals surface area contributed by atoms with Gasteiger partial charge in [-0.15, -0.1) is 0 Å². The van der Waals surface area contributed by atoms with Crippen LogP contribution in [0.3, 0.4) is 0 Å². The van der Waals surface area contributed by atoms with E-state index in [1.165, 1.54) is 87.5 Å².